The first-order chi connectivity index (χ1) is 9.15. The minimum Gasteiger partial charge on any atom is -0.249 e. The summed E-state index contributed by atoms with van der Waals surface area (Å²) >= 11 is 1.85. The zero-order chi connectivity index (χ0) is 14.3. The van der Waals surface area contributed by atoms with Crippen LogP contribution in [-0.4, -0.2) is 4.98 Å². The fraction of sp³-hybridized carbons (Fsp3) is 0.471. The molecule has 0 radical (unpaired) electrons. The number of aryl methyl sites for hydroxylation is 3. The van der Waals surface area contributed by atoms with Crippen molar-refractivity contribution >= 4 is 11.3 Å². The minimum absolute atomic E-state index is 0.549. The predicted octanol–water partition coefficient (Wildman–Crippen LogP) is 5.39. The van der Waals surface area contributed by atoms with Gasteiger partial charge in [-0.3, -0.25) is 0 Å². The second-order valence-corrected chi connectivity index (χ2v) is 5.96. The summed E-state index contributed by atoms with van der Waals surface area (Å²) in [6.45, 7) is 10.5. The van der Waals surface area contributed by atoms with Crippen molar-refractivity contribution in [2.75, 3.05) is 0 Å². The second kappa shape index (κ2) is 8.11. The van der Waals surface area contributed by atoms with Gasteiger partial charge in [0.15, 0.2) is 0 Å². The Hall–Kier alpha value is -1.15. The first-order valence-corrected chi connectivity index (χ1v) is 7.97. The summed E-state index contributed by atoms with van der Waals surface area (Å²) in [5.41, 5.74) is 2.76. The molecule has 2 aromatic rings. The van der Waals surface area contributed by atoms with E-state index in [1.165, 1.54) is 21.0 Å². The summed E-state index contributed by atoms with van der Waals surface area (Å²) in [5, 5.41) is 1.25. The highest BCUT2D eigenvalue weighted by atomic mass is 32.1. The summed E-state index contributed by atoms with van der Waals surface area (Å²) < 4.78 is 0. The van der Waals surface area contributed by atoms with Crippen LogP contribution in [0.15, 0.2) is 30.5 Å². The van der Waals surface area contributed by atoms with Crippen LogP contribution in [0.5, 0.6) is 0 Å². The Morgan fingerprint density at radius 3 is 2.47 bits per heavy atom. The lowest BCUT2D eigenvalue weighted by Gasteiger charge is -2.01. The Morgan fingerprint density at radius 2 is 1.89 bits per heavy atom. The first kappa shape index (κ1) is 15.9. The van der Waals surface area contributed by atoms with E-state index in [1.807, 2.05) is 31.4 Å². The van der Waals surface area contributed by atoms with Gasteiger partial charge in [-0.2, -0.15) is 0 Å². The van der Waals surface area contributed by atoms with Gasteiger partial charge in [0.05, 0.1) is 5.01 Å². The van der Waals surface area contributed by atoms with E-state index < -0.39 is 0 Å². The highest BCUT2D eigenvalue weighted by molar-refractivity contribution is 7.11. The van der Waals surface area contributed by atoms with Crippen molar-refractivity contribution < 1.29 is 0 Å². The topological polar surface area (TPSA) is 12.9 Å². The Bertz CT molecular complexity index is 486. The molecule has 0 atom stereocenters. The number of thiazole rings is 1. The molecule has 1 heterocycles. The average molecular weight is 275 g/mol. The van der Waals surface area contributed by atoms with Crippen LogP contribution >= 0.6 is 11.3 Å². The fourth-order valence-corrected chi connectivity index (χ4v) is 2.76. The molecule has 19 heavy (non-hydrogen) atoms. The highest BCUT2D eigenvalue weighted by Gasteiger charge is 2.05. The quantitative estimate of drug-likeness (QED) is 0.729. The molecule has 0 amide bonds. The molecular formula is C17H25NS. The zero-order valence-corrected chi connectivity index (χ0v) is 13.6. The molecule has 0 saturated heterocycles. The van der Waals surface area contributed by atoms with E-state index in [4.69, 9.17) is 0 Å². The summed E-state index contributed by atoms with van der Waals surface area (Å²) in [6.07, 6.45) is 4.26. The van der Waals surface area contributed by atoms with Crippen molar-refractivity contribution in [3.05, 3.63) is 51.5 Å². The van der Waals surface area contributed by atoms with Gasteiger partial charge in [0.1, 0.15) is 0 Å². The van der Waals surface area contributed by atoms with Gasteiger partial charge < -0.3 is 0 Å². The largest absolute Gasteiger partial charge is 0.249 e. The normalized spacial score (nSPS) is 10.2. The van der Waals surface area contributed by atoms with Crippen molar-refractivity contribution in [1.82, 2.24) is 4.98 Å². The van der Waals surface area contributed by atoms with Gasteiger partial charge in [0.2, 0.25) is 0 Å². The molecule has 1 aromatic heterocycles. The summed E-state index contributed by atoms with van der Waals surface area (Å²) in [7, 11) is 0. The van der Waals surface area contributed by atoms with Crippen LogP contribution in [0.1, 0.15) is 54.6 Å². The molecule has 0 aliphatic carbocycles. The molecule has 0 unspecified atom stereocenters. The van der Waals surface area contributed by atoms with E-state index in [0.717, 1.165) is 12.8 Å². The van der Waals surface area contributed by atoms with Crippen molar-refractivity contribution in [3.8, 4) is 0 Å². The van der Waals surface area contributed by atoms with Gasteiger partial charge in [0.25, 0.3) is 0 Å². The van der Waals surface area contributed by atoms with Crippen LogP contribution in [0.2, 0.25) is 0 Å². The van der Waals surface area contributed by atoms with Crippen LogP contribution in [0.4, 0.5) is 0 Å². The lowest BCUT2D eigenvalue weighted by Crippen LogP contribution is -1.89. The van der Waals surface area contributed by atoms with Gasteiger partial charge in [0, 0.05) is 17.0 Å². The number of benzene rings is 1. The average Bonchev–Trinajstić information content (AvgIpc) is 2.88. The van der Waals surface area contributed by atoms with Gasteiger partial charge in [-0.15, -0.1) is 11.3 Å². The molecule has 0 bridgehead atoms. The standard InChI is InChI=1S/C15H19NS.C2H6/c1-11(2)15-16-10-14(17-15)8-7-13-6-4-5-12(3)9-13;1-2/h4-6,9-11H,7-8H2,1-3H3;1-2H3. The molecule has 1 aromatic carbocycles. The third-order valence-electron chi connectivity index (χ3n) is 2.81. The molecule has 0 spiro atoms. The molecule has 0 fully saturated rings. The van der Waals surface area contributed by atoms with Crippen molar-refractivity contribution in [2.45, 2.75) is 53.4 Å². The molecule has 2 heteroatoms. The fourth-order valence-electron chi connectivity index (χ4n) is 1.84. The van der Waals surface area contributed by atoms with Crippen molar-refractivity contribution in [1.29, 1.82) is 0 Å². The maximum absolute atomic E-state index is 4.46. The van der Waals surface area contributed by atoms with Crippen LogP contribution in [0, 0.1) is 6.92 Å². The second-order valence-electron chi connectivity index (χ2n) is 4.81. The lowest BCUT2D eigenvalue weighted by molar-refractivity contribution is 0.852. The number of rotatable bonds is 4. The summed E-state index contributed by atoms with van der Waals surface area (Å²) in [4.78, 5) is 5.86. The van der Waals surface area contributed by atoms with E-state index in [2.05, 4.69) is 50.0 Å². The van der Waals surface area contributed by atoms with Gasteiger partial charge in [-0.1, -0.05) is 57.5 Å². The summed E-state index contributed by atoms with van der Waals surface area (Å²) in [6, 6.07) is 8.76. The molecule has 2 rings (SSSR count). The monoisotopic (exact) mass is 275 g/mol. The number of hydrogen-bond donors (Lipinski definition) is 0. The van der Waals surface area contributed by atoms with Gasteiger partial charge in [-0.05, 0) is 25.3 Å². The maximum Gasteiger partial charge on any atom is 0.0953 e. The van der Waals surface area contributed by atoms with Gasteiger partial charge >= 0.3 is 0 Å². The van der Waals surface area contributed by atoms with E-state index in [0.29, 0.717) is 5.92 Å². The molecule has 0 N–H and O–H groups in total. The first-order valence-electron chi connectivity index (χ1n) is 7.15. The van der Waals surface area contributed by atoms with E-state index in [1.54, 1.807) is 0 Å². The van der Waals surface area contributed by atoms with Crippen molar-refractivity contribution in [3.63, 3.8) is 0 Å². The molecule has 1 nitrogen and oxygen atoms in total. The van der Waals surface area contributed by atoms with E-state index >= 15 is 0 Å². The smallest absolute Gasteiger partial charge is 0.0953 e. The Balaban J connectivity index is 0.000000861. The minimum atomic E-state index is 0.549. The number of hydrogen-bond acceptors (Lipinski definition) is 2. The Kier molecular flexibility index (Phi) is 6.79. The molecule has 0 saturated carbocycles. The maximum atomic E-state index is 4.46. The Labute approximate surface area is 121 Å². The van der Waals surface area contributed by atoms with E-state index in [-0.39, 0.29) is 0 Å². The third-order valence-corrected chi connectivity index (χ3v) is 4.17. The third kappa shape index (κ3) is 5.15. The van der Waals surface area contributed by atoms with Crippen LogP contribution < -0.4 is 0 Å². The number of nitrogens with zero attached hydrogens (tertiary/aromatic N) is 1. The van der Waals surface area contributed by atoms with Gasteiger partial charge in [-0.25, -0.2) is 4.98 Å². The SMILES string of the molecule is CC.Cc1cccc(CCc2cnc(C(C)C)s2)c1. The van der Waals surface area contributed by atoms with E-state index in [9.17, 15) is 0 Å². The molecule has 104 valence electrons. The summed E-state index contributed by atoms with van der Waals surface area (Å²) in [5.74, 6) is 0.549. The lowest BCUT2D eigenvalue weighted by atomic mass is 10.1. The van der Waals surface area contributed by atoms with Crippen molar-refractivity contribution in [2.24, 2.45) is 0 Å². The molecule has 0 aliphatic rings. The van der Waals surface area contributed by atoms with Crippen LogP contribution in [0.25, 0.3) is 0 Å². The zero-order valence-electron chi connectivity index (χ0n) is 12.7. The van der Waals surface area contributed by atoms with Crippen LogP contribution in [-0.2, 0) is 12.8 Å². The highest BCUT2D eigenvalue weighted by Crippen LogP contribution is 2.22. The van der Waals surface area contributed by atoms with Crippen LogP contribution in [0.3, 0.4) is 0 Å². The molecule has 0 aliphatic heterocycles. The Morgan fingerprint density at radius 1 is 1.16 bits per heavy atom. The number of aromatic nitrogens is 1. The molecular weight excluding hydrogens is 250 g/mol. The predicted molar refractivity (Wildman–Crippen MR) is 86.1 cm³/mol.